The van der Waals surface area contributed by atoms with E-state index >= 15 is 0 Å². The second kappa shape index (κ2) is 7.03. The normalized spacial score (nSPS) is 13.0. The third-order valence-electron chi connectivity index (χ3n) is 2.68. The van der Waals surface area contributed by atoms with Crippen LogP contribution in [-0.4, -0.2) is 17.7 Å². The van der Waals surface area contributed by atoms with Crippen molar-refractivity contribution in [3.63, 3.8) is 0 Å². The molecule has 0 radical (unpaired) electrons. The lowest BCUT2D eigenvalue weighted by Crippen LogP contribution is -2.44. The van der Waals surface area contributed by atoms with E-state index in [2.05, 4.69) is 6.58 Å². The molecule has 18 heavy (non-hydrogen) atoms. The van der Waals surface area contributed by atoms with Crippen LogP contribution in [0.4, 0.5) is 0 Å². The van der Waals surface area contributed by atoms with Crippen LogP contribution in [0.1, 0.15) is 18.9 Å². The van der Waals surface area contributed by atoms with Crippen molar-refractivity contribution in [3.05, 3.63) is 42.5 Å². The van der Waals surface area contributed by atoms with Gasteiger partial charge in [-0.15, -0.1) is 12.4 Å². The van der Waals surface area contributed by atoms with Gasteiger partial charge in [0.1, 0.15) is 17.9 Å². The van der Waals surface area contributed by atoms with Gasteiger partial charge in [-0.2, -0.15) is 0 Å². The standard InChI is InChI=1S/C13H17NO3.ClH/c1-3-9-17-11-7-5-10(6-8-11)13(14,4-2)12(15)16;/h3,5-8H,1,4,9,14H2,2H3,(H,15,16);1H/t13-;/m0./s1. The maximum Gasteiger partial charge on any atom is 0.328 e. The summed E-state index contributed by atoms with van der Waals surface area (Å²) in [7, 11) is 0. The number of carboxylic acids is 1. The van der Waals surface area contributed by atoms with Crippen molar-refractivity contribution in [2.24, 2.45) is 5.73 Å². The van der Waals surface area contributed by atoms with Gasteiger partial charge in [0, 0.05) is 0 Å². The van der Waals surface area contributed by atoms with Crippen LogP contribution in [-0.2, 0) is 10.3 Å². The summed E-state index contributed by atoms with van der Waals surface area (Å²) in [5.74, 6) is -0.364. The predicted molar refractivity (Wildman–Crippen MR) is 73.2 cm³/mol. The number of halogens is 1. The van der Waals surface area contributed by atoms with Crippen LogP contribution in [0.15, 0.2) is 36.9 Å². The van der Waals surface area contributed by atoms with Crippen LogP contribution >= 0.6 is 12.4 Å². The molecular weight excluding hydrogens is 254 g/mol. The van der Waals surface area contributed by atoms with Crippen LogP contribution in [0.3, 0.4) is 0 Å². The monoisotopic (exact) mass is 271 g/mol. The fourth-order valence-electron chi connectivity index (χ4n) is 1.48. The molecule has 0 saturated carbocycles. The first-order valence-electron chi connectivity index (χ1n) is 5.41. The van der Waals surface area contributed by atoms with Gasteiger partial charge in [0.05, 0.1) is 0 Å². The molecule has 0 saturated heterocycles. The summed E-state index contributed by atoms with van der Waals surface area (Å²) in [5, 5.41) is 9.13. The summed E-state index contributed by atoms with van der Waals surface area (Å²) in [6, 6.07) is 6.77. The van der Waals surface area contributed by atoms with E-state index in [0.29, 0.717) is 24.3 Å². The Kier molecular flexibility index (Phi) is 6.44. The SMILES string of the molecule is C=CCOc1ccc([C@@](N)(CC)C(=O)O)cc1.Cl. The van der Waals surface area contributed by atoms with Gasteiger partial charge in [-0.1, -0.05) is 31.7 Å². The van der Waals surface area contributed by atoms with Crippen molar-refractivity contribution in [2.45, 2.75) is 18.9 Å². The number of hydrogen-bond acceptors (Lipinski definition) is 3. The molecule has 0 spiro atoms. The van der Waals surface area contributed by atoms with Gasteiger partial charge in [0.25, 0.3) is 0 Å². The summed E-state index contributed by atoms with van der Waals surface area (Å²) in [6.07, 6.45) is 1.97. The fraction of sp³-hybridized carbons (Fsp3) is 0.308. The Morgan fingerprint density at radius 2 is 2.06 bits per heavy atom. The Morgan fingerprint density at radius 1 is 1.50 bits per heavy atom. The number of rotatable bonds is 6. The zero-order valence-electron chi connectivity index (χ0n) is 10.3. The van der Waals surface area contributed by atoms with E-state index in [0.717, 1.165) is 0 Å². The molecule has 0 amide bonds. The van der Waals surface area contributed by atoms with E-state index in [-0.39, 0.29) is 12.4 Å². The molecule has 0 fully saturated rings. The number of aliphatic carboxylic acids is 1. The largest absolute Gasteiger partial charge is 0.490 e. The molecule has 0 aromatic heterocycles. The minimum absolute atomic E-state index is 0. The van der Waals surface area contributed by atoms with Gasteiger partial charge < -0.3 is 15.6 Å². The molecule has 0 unspecified atom stereocenters. The number of hydrogen-bond donors (Lipinski definition) is 2. The van der Waals surface area contributed by atoms with Gasteiger partial charge in [0.15, 0.2) is 0 Å². The average Bonchev–Trinajstić information content (AvgIpc) is 2.35. The summed E-state index contributed by atoms with van der Waals surface area (Å²) in [6.45, 7) is 5.71. The zero-order chi connectivity index (χ0) is 12.9. The summed E-state index contributed by atoms with van der Waals surface area (Å²) in [4.78, 5) is 11.1. The van der Waals surface area contributed by atoms with E-state index < -0.39 is 11.5 Å². The molecular formula is C13H18ClNO3. The van der Waals surface area contributed by atoms with Gasteiger partial charge in [-0.05, 0) is 24.1 Å². The summed E-state index contributed by atoms with van der Waals surface area (Å²) < 4.78 is 5.31. The lowest BCUT2D eigenvalue weighted by Gasteiger charge is -2.23. The molecule has 5 heteroatoms. The Bertz CT molecular complexity index is 405. The highest BCUT2D eigenvalue weighted by molar-refractivity contribution is 5.85. The molecule has 0 aliphatic heterocycles. The quantitative estimate of drug-likeness (QED) is 0.779. The molecule has 1 aromatic rings. The van der Waals surface area contributed by atoms with E-state index in [1.54, 1.807) is 37.3 Å². The Labute approximate surface area is 113 Å². The average molecular weight is 272 g/mol. The second-order valence-corrected chi connectivity index (χ2v) is 3.75. The van der Waals surface area contributed by atoms with Gasteiger partial charge in [-0.3, -0.25) is 0 Å². The molecule has 1 atom stereocenters. The minimum atomic E-state index is -1.34. The Hall–Kier alpha value is -1.52. The highest BCUT2D eigenvalue weighted by atomic mass is 35.5. The van der Waals surface area contributed by atoms with Crippen molar-refractivity contribution < 1.29 is 14.6 Å². The first-order valence-corrected chi connectivity index (χ1v) is 5.41. The molecule has 100 valence electrons. The topological polar surface area (TPSA) is 72.5 Å². The first kappa shape index (κ1) is 16.5. The molecule has 0 bridgehead atoms. The molecule has 0 aliphatic carbocycles. The van der Waals surface area contributed by atoms with Crippen LogP contribution in [0, 0.1) is 0 Å². The fourth-order valence-corrected chi connectivity index (χ4v) is 1.48. The Morgan fingerprint density at radius 3 is 2.44 bits per heavy atom. The maximum absolute atomic E-state index is 11.1. The summed E-state index contributed by atoms with van der Waals surface area (Å²) in [5.41, 5.74) is 5.09. The van der Waals surface area contributed by atoms with Crippen molar-refractivity contribution in [1.82, 2.24) is 0 Å². The third kappa shape index (κ3) is 3.48. The Balaban J connectivity index is 0.00000289. The molecule has 0 heterocycles. The van der Waals surface area contributed by atoms with Gasteiger partial charge in [-0.25, -0.2) is 4.79 Å². The highest BCUT2D eigenvalue weighted by Gasteiger charge is 2.33. The maximum atomic E-state index is 11.1. The van der Waals surface area contributed by atoms with Crippen LogP contribution < -0.4 is 10.5 Å². The number of ether oxygens (including phenoxy) is 1. The number of carbonyl (C=O) groups is 1. The van der Waals surface area contributed by atoms with Gasteiger partial charge in [0.2, 0.25) is 0 Å². The van der Waals surface area contributed by atoms with E-state index in [9.17, 15) is 4.79 Å². The summed E-state index contributed by atoms with van der Waals surface area (Å²) >= 11 is 0. The lowest BCUT2D eigenvalue weighted by atomic mass is 9.88. The van der Waals surface area contributed by atoms with Crippen molar-refractivity contribution >= 4 is 18.4 Å². The van der Waals surface area contributed by atoms with E-state index in [1.807, 2.05) is 0 Å². The number of nitrogens with two attached hydrogens (primary N) is 1. The molecule has 4 nitrogen and oxygen atoms in total. The van der Waals surface area contributed by atoms with Crippen molar-refractivity contribution in [2.75, 3.05) is 6.61 Å². The highest BCUT2D eigenvalue weighted by Crippen LogP contribution is 2.24. The first-order chi connectivity index (χ1) is 8.04. The molecule has 1 aromatic carbocycles. The van der Waals surface area contributed by atoms with Crippen LogP contribution in [0.2, 0.25) is 0 Å². The lowest BCUT2D eigenvalue weighted by molar-refractivity contribution is -0.143. The molecule has 1 rings (SSSR count). The smallest absolute Gasteiger partial charge is 0.328 e. The van der Waals surface area contributed by atoms with Crippen LogP contribution in [0.25, 0.3) is 0 Å². The van der Waals surface area contributed by atoms with E-state index in [1.165, 1.54) is 0 Å². The van der Waals surface area contributed by atoms with Crippen molar-refractivity contribution in [1.29, 1.82) is 0 Å². The number of benzene rings is 1. The second-order valence-electron chi connectivity index (χ2n) is 3.75. The molecule has 3 N–H and O–H groups in total. The third-order valence-corrected chi connectivity index (χ3v) is 2.68. The zero-order valence-corrected chi connectivity index (χ0v) is 11.1. The number of carboxylic acid groups (broad SMARTS) is 1. The van der Waals surface area contributed by atoms with Crippen LogP contribution in [0.5, 0.6) is 5.75 Å². The van der Waals surface area contributed by atoms with Gasteiger partial charge >= 0.3 is 5.97 Å². The van der Waals surface area contributed by atoms with E-state index in [4.69, 9.17) is 15.6 Å². The minimum Gasteiger partial charge on any atom is -0.490 e. The van der Waals surface area contributed by atoms with Crippen molar-refractivity contribution in [3.8, 4) is 5.75 Å². The predicted octanol–water partition coefficient (Wildman–Crippen LogP) is 2.32. The molecule has 0 aliphatic rings.